The number of halogens is 1. The zero-order valence-corrected chi connectivity index (χ0v) is 13.6. The summed E-state index contributed by atoms with van der Waals surface area (Å²) in [6, 6.07) is 6.14. The van der Waals surface area contributed by atoms with Gasteiger partial charge in [0, 0.05) is 30.0 Å². The molecule has 0 radical (unpaired) electrons. The standard InChI is InChI=1S/C13H17BrN2O3S/c1-10(9-16-8-2-3-13(16)17)15-20(18,19)12-6-4-11(14)5-7-12/h4-7,10,15H,2-3,8-9H2,1H3. The Morgan fingerprint density at radius 2 is 2.00 bits per heavy atom. The van der Waals surface area contributed by atoms with Crippen molar-refractivity contribution in [1.29, 1.82) is 0 Å². The first kappa shape index (κ1) is 15.5. The minimum Gasteiger partial charge on any atom is -0.341 e. The summed E-state index contributed by atoms with van der Waals surface area (Å²) in [5, 5.41) is 0. The quantitative estimate of drug-likeness (QED) is 0.869. The summed E-state index contributed by atoms with van der Waals surface area (Å²) in [5.41, 5.74) is 0. The fourth-order valence-corrected chi connectivity index (χ4v) is 3.71. The molecule has 2 rings (SSSR count). The number of hydrogen-bond acceptors (Lipinski definition) is 3. The second-order valence-electron chi connectivity index (χ2n) is 4.92. The smallest absolute Gasteiger partial charge is 0.240 e. The van der Waals surface area contributed by atoms with Gasteiger partial charge in [-0.3, -0.25) is 4.79 Å². The molecule has 1 aromatic rings. The van der Waals surface area contributed by atoms with Crippen LogP contribution in [0.3, 0.4) is 0 Å². The zero-order valence-electron chi connectivity index (χ0n) is 11.2. The van der Waals surface area contributed by atoms with Crippen LogP contribution < -0.4 is 4.72 Å². The highest BCUT2D eigenvalue weighted by atomic mass is 79.9. The predicted molar refractivity (Wildman–Crippen MR) is 79.7 cm³/mol. The molecule has 1 aromatic carbocycles. The summed E-state index contributed by atoms with van der Waals surface area (Å²) >= 11 is 3.27. The number of likely N-dealkylation sites (tertiary alicyclic amines) is 1. The second-order valence-corrected chi connectivity index (χ2v) is 7.55. The number of sulfonamides is 1. The lowest BCUT2D eigenvalue weighted by molar-refractivity contribution is -0.127. The van der Waals surface area contributed by atoms with E-state index in [9.17, 15) is 13.2 Å². The number of hydrogen-bond donors (Lipinski definition) is 1. The van der Waals surface area contributed by atoms with E-state index in [1.165, 1.54) is 0 Å². The van der Waals surface area contributed by atoms with Crippen molar-refractivity contribution >= 4 is 31.9 Å². The van der Waals surface area contributed by atoms with Gasteiger partial charge in [0.1, 0.15) is 0 Å². The molecule has 0 bridgehead atoms. The molecule has 1 heterocycles. The third kappa shape index (κ3) is 3.80. The molecule has 1 amide bonds. The van der Waals surface area contributed by atoms with Crippen molar-refractivity contribution in [2.45, 2.75) is 30.7 Å². The Bertz CT molecular complexity index is 586. The summed E-state index contributed by atoms with van der Waals surface area (Å²) in [7, 11) is -3.54. The van der Waals surface area contributed by atoms with Crippen molar-refractivity contribution in [3.8, 4) is 0 Å². The Morgan fingerprint density at radius 1 is 1.35 bits per heavy atom. The van der Waals surface area contributed by atoms with Gasteiger partial charge in [-0.1, -0.05) is 15.9 Å². The molecule has 0 spiro atoms. The Labute approximate surface area is 127 Å². The van der Waals surface area contributed by atoms with Gasteiger partial charge in [0.25, 0.3) is 0 Å². The number of nitrogens with zero attached hydrogens (tertiary/aromatic N) is 1. The van der Waals surface area contributed by atoms with Crippen LogP contribution in [0.1, 0.15) is 19.8 Å². The van der Waals surface area contributed by atoms with Gasteiger partial charge in [0.2, 0.25) is 15.9 Å². The van der Waals surface area contributed by atoms with E-state index in [0.717, 1.165) is 10.9 Å². The summed E-state index contributed by atoms with van der Waals surface area (Å²) in [6.07, 6.45) is 1.41. The van der Waals surface area contributed by atoms with Gasteiger partial charge in [0.05, 0.1) is 4.90 Å². The lowest BCUT2D eigenvalue weighted by Crippen LogP contribution is -2.42. The minimum atomic E-state index is -3.54. The summed E-state index contributed by atoms with van der Waals surface area (Å²) in [4.78, 5) is 13.5. The number of amides is 1. The van der Waals surface area contributed by atoms with E-state index >= 15 is 0 Å². The molecule has 1 aliphatic heterocycles. The molecular weight excluding hydrogens is 344 g/mol. The SMILES string of the molecule is CC(CN1CCCC1=O)NS(=O)(=O)c1ccc(Br)cc1. The van der Waals surface area contributed by atoms with Crippen LogP contribution in [0.25, 0.3) is 0 Å². The van der Waals surface area contributed by atoms with E-state index in [0.29, 0.717) is 19.5 Å². The van der Waals surface area contributed by atoms with Gasteiger partial charge in [-0.15, -0.1) is 0 Å². The van der Waals surface area contributed by atoms with Crippen LogP contribution in [0.5, 0.6) is 0 Å². The van der Waals surface area contributed by atoms with Crippen LogP contribution in [0.15, 0.2) is 33.6 Å². The Hall–Kier alpha value is -0.920. The van der Waals surface area contributed by atoms with Gasteiger partial charge >= 0.3 is 0 Å². The molecule has 7 heteroatoms. The van der Waals surface area contributed by atoms with Crippen molar-refractivity contribution in [2.24, 2.45) is 0 Å². The lowest BCUT2D eigenvalue weighted by Gasteiger charge is -2.21. The molecule has 0 aliphatic carbocycles. The van der Waals surface area contributed by atoms with Gasteiger partial charge in [-0.05, 0) is 37.6 Å². The van der Waals surface area contributed by atoms with Crippen molar-refractivity contribution < 1.29 is 13.2 Å². The highest BCUT2D eigenvalue weighted by Crippen LogP contribution is 2.15. The number of nitrogens with one attached hydrogen (secondary N) is 1. The van der Waals surface area contributed by atoms with Gasteiger partial charge in [-0.2, -0.15) is 0 Å². The van der Waals surface area contributed by atoms with E-state index in [1.807, 2.05) is 0 Å². The summed E-state index contributed by atoms with van der Waals surface area (Å²) in [6.45, 7) is 2.89. The highest BCUT2D eigenvalue weighted by Gasteiger charge is 2.24. The molecule has 1 aliphatic rings. The molecule has 5 nitrogen and oxygen atoms in total. The average Bonchev–Trinajstić information content (AvgIpc) is 2.74. The monoisotopic (exact) mass is 360 g/mol. The first-order valence-corrected chi connectivity index (χ1v) is 8.72. The predicted octanol–water partition coefficient (Wildman–Crippen LogP) is 1.74. The molecule has 1 N–H and O–H groups in total. The number of rotatable bonds is 5. The second kappa shape index (κ2) is 6.24. The van der Waals surface area contributed by atoms with E-state index < -0.39 is 10.0 Å². The molecule has 0 saturated carbocycles. The zero-order chi connectivity index (χ0) is 14.8. The summed E-state index contributed by atoms with van der Waals surface area (Å²) in [5.74, 6) is 0.0969. The molecule has 1 fully saturated rings. The Kier molecular flexibility index (Phi) is 4.82. The third-order valence-electron chi connectivity index (χ3n) is 3.15. The highest BCUT2D eigenvalue weighted by molar-refractivity contribution is 9.10. The Morgan fingerprint density at radius 3 is 2.55 bits per heavy atom. The van der Waals surface area contributed by atoms with Crippen molar-refractivity contribution in [3.63, 3.8) is 0 Å². The van der Waals surface area contributed by atoms with Crippen LogP contribution in [-0.4, -0.2) is 38.4 Å². The number of benzene rings is 1. The molecule has 1 unspecified atom stereocenters. The van der Waals surface area contributed by atoms with Crippen LogP contribution in [0.4, 0.5) is 0 Å². The summed E-state index contributed by atoms with van der Waals surface area (Å²) < 4.78 is 27.8. The van der Waals surface area contributed by atoms with Crippen LogP contribution >= 0.6 is 15.9 Å². The minimum absolute atomic E-state index is 0.0969. The maximum absolute atomic E-state index is 12.2. The van der Waals surface area contributed by atoms with Gasteiger partial charge in [0.15, 0.2) is 0 Å². The maximum Gasteiger partial charge on any atom is 0.240 e. The van der Waals surface area contributed by atoms with E-state index in [-0.39, 0.29) is 16.8 Å². The van der Waals surface area contributed by atoms with Crippen LogP contribution in [0.2, 0.25) is 0 Å². The van der Waals surface area contributed by atoms with Crippen molar-refractivity contribution in [3.05, 3.63) is 28.7 Å². The van der Waals surface area contributed by atoms with E-state index in [4.69, 9.17) is 0 Å². The van der Waals surface area contributed by atoms with Crippen molar-refractivity contribution in [2.75, 3.05) is 13.1 Å². The molecule has 0 aromatic heterocycles. The first-order valence-electron chi connectivity index (χ1n) is 6.44. The van der Waals surface area contributed by atoms with Gasteiger partial charge < -0.3 is 4.90 Å². The van der Waals surface area contributed by atoms with Gasteiger partial charge in [-0.25, -0.2) is 13.1 Å². The largest absolute Gasteiger partial charge is 0.341 e. The van der Waals surface area contributed by atoms with E-state index in [1.54, 1.807) is 36.1 Å². The fraction of sp³-hybridized carbons (Fsp3) is 0.462. The lowest BCUT2D eigenvalue weighted by atomic mass is 10.3. The molecule has 20 heavy (non-hydrogen) atoms. The van der Waals surface area contributed by atoms with Crippen molar-refractivity contribution in [1.82, 2.24) is 9.62 Å². The third-order valence-corrected chi connectivity index (χ3v) is 5.28. The maximum atomic E-state index is 12.2. The molecule has 110 valence electrons. The first-order chi connectivity index (χ1) is 9.38. The molecule has 1 atom stereocenters. The Balaban J connectivity index is 2.00. The fourth-order valence-electron chi connectivity index (χ4n) is 2.21. The van der Waals surface area contributed by atoms with E-state index in [2.05, 4.69) is 20.7 Å². The average molecular weight is 361 g/mol. The number of carbonyl (C=O) groups is 1. The normalized spacial score (nSPS) is 17.5. The van der Waals surface area contributed by atoms with Crippen LogP contribution in [0, 0.1) is 0 Å². The number of carbonyl (C=O) groups excluding carboxylic acids is 1. The topological polar surface area (TPSA) is 66.5 Å². The van der Waals surface area contributed by atoms with Crippen LogP contribution in [-0.2, 0) is 14.8 Å². The molecular formula is C13H17BrN2O3S. The molecule has 1 saturated heterocycles.